The van der Waals surface area contributed by atoms with Crippen LogP contribution in [0, 0.1) is 0 Å². The molecule has 2 aromatic rings. The van der Waals surface area contributed by atoms with Gasteiger partial charge in [-0.15, -0.1) is 0 Å². The van der Waals surface area contributed by atoms with Crippen LogP contribution >= 0.6 is 34.8 Å². The van der Waals surface area contributed by atoms with E-state index in [1.165, 1.54) is 24.3 Å². The van der Waals surface area contributed by atoms with Crippen LogP contribution in [0.15, 0.2) is 42.5 Å². The average Bonchev–Trinajstić information content (AvgIpc) is 2.68. The fourth-order valence-corrected chi connectivity index (χ4v) is 3.53. The van der Waals surface area contributed by atoms with Gasteiger partial charge in [0.05, 0.1) is 23.0 Å². The Hall–Kier alpha value is -2.43. The average molecular weight is 548 g/mol. The molecule has 0 spiro atoms. The van der Waals surface area contributed by atoms with Gasteiger partial charge in [0.15, 0.2) is 0 Å². The van der Waals surface area contributed by atoms with Crippen molar-refractivity contribution in [2.24, 2.45) is 0 Å². The van der Waals surface area contributed by atoms with Crippen LogP contribution in [0.3, 0.4) is 0 Å². The number of carbonyl (C=O) groups excluding carboxylic acids is 2. The van der Waals surface area contributed by atoms with Crippen molar-refractivity contribution in [2.75, 3.05) is 13.1 Å². The van der Waals surface area contributed by atoms with Gasteiger partial charge in [0.1, 0.15) is 6.54 Å². The molecule has 2 rings (SSSR count). The smallest absolute Gasteiger partial charge is 0.345 e. The Kier molecular flexibility index (Phi) is 9.27. The van der Waals surface area contributed by atoms with Crippen molar-refractivity contribution in [1.29, 1.82) is 0 Å². The second-order valence-electron chi connectivity index (χ2n) is 6.90. The standard InChI is InChI=1S/C21H15Cl3F6N2O2/c22-13-6-12(7-14(23)8-13)16(21(28,29)30)4-2-11-1-3-15(17(24)5-11)19(34)31-9-18(33)32-10-20(25,26)27/h1-8,16H,9-10H2,(H,31,34)(H,32,33)/b4-2+. The lowest BCUT2D eigenvalue weighted by atomic mass is 9.97. The van der Waals surface area contributed by atoms with Gasteiger partial charge in [0, 0.05) is 10.0 Å². The molecule has 0 aliphatic heterocycles. The second-order valence-corrected chi connectivity index (χ2v) is 8.18. The third-order valence-electron chi connectivity index (χ3n) is 4.21. The largest absolute Gasteiger partial charge is 0.405 e. The summed E-state index contributed by atoms with van der Waals surface area (Å²) >= 11 is 17.6. The number of hydrogen-bond donors (Lipinski definition) is 2. The minimum atomic E-state index is -4.65. The molecule has 4 nitrogen and oxygen atoms in total. The minimum absolute atomic E-state index is 0.0376. The molecule has 184 valence electrons. The van der Waals surface area contributed by atoms with Gasteiger partial charge in [0.25, 0.3) is 5.91 Å². The lowest BCUT2D eigenvalue weighted by Gasteiger charge is -2.18. The lowest BCUT2D eigenvalue weighted by molar-refractivity contribution is -0.139. The highest BCUT2D eigenvalue weighted by molar-refractivity contribution is 6.35. The van der Waals surface area contributed by atoms with E-state index in [-0.39, 0.29) is 31.8 Å². The summed E-state index contributed by atoms with van der Waals surface area (Å²) in [5, 5.41) is 3.61. The lowest BCUT2D eigenvalue weighted by Crippen LogP contribution is -2.40. The number of halogens is 9. The molecule has 0 aliphatic carbocycles. The Morgan fingerprint density at radius 1 is 0.912 bits per heavy atom. The monoisotopic (exact) mass is 546 g/mol. The van der Waals surface area contributed by atoms with Gasteiger partial charge < -0.3 is 10.6 Å². The van der Waals surface area contributed by atoms with Crippen molar-refractivity contribution in [3.8, 4) is 0 Å². The van der Waals surface area contributed by atoms with E-state index in [2.05, 4.69) is 5.32 Å². The normalized spacial score (nSPS) is 13.1. The van der Waals surface area contributed by atoms with Gasteiger partial charge in [0.2, 0.25) is 5.91 Å². The summed E-state index contributed by atoms with van der Waals surface area (Å²) in [5.74, 6) is -3.95. The summed E-state index contributed by atoms with van der Waals surface area (Å²) in [6, 6.07) is 7.30. The molecule has 0 heterocycles. The first-order chi connectivity index (χ1) is 15.7. The first kappa shape index (κ1) is 27.8. The fraction of sp³-hybridized carbons (Fsp3) is 0.238. The van der Waals surface area contributed by atoms with Crippen LogP contribution in [-0.4, -0.2) is 37.3 Å². The molecule has 2 N–H and O–H groups in total. The predicted octanol–water partition coefficient (Wildman–Crippen LogP) is 6.41. The molecule has 34 heavy (non-hydrogen) atoms. The Bertz CT molecular complexity index is 1070. The third kappa shape index (κ3) is 8.73. The minimum Gasteiger partial charge on any atom is -0.345 e. The zero-order valence-corrected chi connectivity index (χ0v) is 19.1. The van der Waals surface area contributed by atoms with E-state index in [9.17, 15) is 35.9 Å². The number of rotatable bonds is 7. The molecule has 13 heteroatoms. The quantitative estimate of drug-likeness (QED) is 0.394. The summed E-state index contributed by atoms with van der Waals surface area (Å²) in [6.07, 6.45) is -7.24. The Balaban J connectivity index is 2.12. The van der Waals surface area contributed by atoms with E-state index < -0.39 is 43.2 Å². The van der Waals surface area contributed by atoms with Crippen molar-refractivity contribution in [3.05, 3.63) is 74.2 Å². The van der Waals surface area contributed by atoms with Crippen molar-refractivity contribution in [2.45, 2.75) is 18.3 Å². The van der Waals surface area contributed by atoms with Gasteiger partial charge in [-0.2, -0.15) is 26.3 Å². The molecule has 0 radical (unpaired) electrons. The highest BCUT2D eigenvalue weighted by atomic mass is 35.5. The predicted molar refractivity (Wildman–Crippen MR) is 117 cm³/mol. The number of nitrogens with one attached hydrogen (secondary N) is 2. The third-order valence-corrected chi connectivity index (χ3v) is 4.96. The zero-order chi connectivity index (χ0) is 25.7. The van der Waals surface area contributed by atoms with Gasteiger partial charge in [-0.1, -0.05) is 53.0 Å². The van der Waals surface area contributed by atoms with Gasteiger partial charge >= 0.3 is 12.4 Å². The van der Waals surface area contributed by atoms with Crippen LogP contribution in [0.1, 0.15) is 27.4 Å². The number of carbonyl (C=O) groups is 2. The Morgan fingerprint density at radius 2 is 1.53 bits per heavy atom. The number of benzene rings is 2. The molecule has 2 amide bonds. The highest BCUT2D eigenvalue weighted by Gasteiger charge is 2.39. The number of hydrogen-bond acceptors (Lipinski definition) is 2. The first-order valence-corrected chi connectivity index (χ1v) is 10.4. The molecule has 0 saturated heterocycles. The van der Waals surface area contributed by atoms with Crippen LogP contribution in [-0.2, 0) is 4.79 Å². The molecule has 0 fully saturated rings. The molecule has 0 bridgehead atoms. The maximum absolute atomic E-state index is 13.6. The Morgan fingerprint density at radius 3 is 2.06 bits per heavy atom. The summed E-state index contributed by atoms with van der Waals surface area (Å²) in [4.78, 5) is 23.5. The maximum atomic E-state index is 13.6. The molecular formula is C21H15Cl3F6N2O2. The van der Waals surface area contributed by atoms with Crippen molar-refractivity contribution in [3.63, 3.8) is 0 Å². The fourth-order valence-electron chi connectivity index (χ4n) is 2.71. The van der Waals surface area contributed by atoms with Crippen LogP contribution in [0.2, 0.25) is 15.1 Å². The van der Waals surface area contributed by atoms with Crippen molar-refractivity contribution < 1.29 is 35.9 Å². The number of alkyl halides is 6. The van der Waals surface area contributed by atoms with E-state index in [0.29, 0.717) is 0 Å². The van der Waals surface area contributed by atoms with Gasteiger partial charge in [-0.05, 0) is 41.5 Å². The zero-order valence-electron chi connectivity index (χ0n) is 16.8. The van der Waals surface area contributed by atoms with Gasteiger partial charge in [-0.3, -0.25) is 9.59 Å². The van der Waals surface area contributed by atoms with Gasteiger partial charge in [-0.25, -0.2) is 0 Å². The summed E-state index contributed by atoms with van der Waals surface area (Å²) in [5.41, 5.74) is -0.0737. The molecule has 0 saturated carbocycles. The van der Waals surface area contributed by atoms with E-state index in [1.54, 1.807) is 5.32 Å². The maximum Gasteiger partial charge on any atom is 0.405 e. The number of allylic oxidation sites excluding steroid dienone is 1. The van der Waals surface area contributed by atoms with E-state index in [4.69, 9.17) is 34.8 Å². The van der Waals surface area contributed by atoms with Crippen molar-refractivity contribution >= 4 is 52.7 Å². The SMILES string of the molecule is O=C(CNC(=O)c1ccc(/C=C/C(c2cc(Cl)cc(Cl)c2)C(F)(F)F)cc1Cl)NCC(F)(F)F. The molecule has 1 unspecified atom stereocenters. The summed E-state index contributed by atoms with van der Waals surface area (Å²) in [6.45, 7) is -2.29. The topological polar surface area (TPSA) is 58.2 Å². The summed E-state index contributed by atoms with van der Waals surface area (Å²) < 4.78 is 77.0. The first-order valence-electron chi connectivity index (χ1n) is 9.28. The van der Waals surface area contributed by atoms with Crippen LogP contribution in [0.4, 0.5) is 26.3 Å². The Labute approximate surface area is 204 Å². The van der Waals surface area contributed by atoms with Crippen LogP contribution in [0.5, 0.6) is 0 Å². The second kappa shape index (κ2) is 11.3. The molecule has 0 aromatic heterocycles. The molecule has 1 atom stereocenters. The molecule has 0 aliphatic rings. The van der Waals surface area contributed by atoms with Crippen LogP contribution < -0.4 is 10.6 Å². The van der Waals surface area contributed by atoms with Crippen molar-refractivity contribution in [1.82, 2.24) is 10.6 Å². The van der Waals surface area contributed by atoms with E-state index >= 15 is 0 Å². The van der Waals surface area contributed by atoms with E-state index in [0.717, 1.165) is 24.3 Å². The number of amides is 2. The molecule has 2 aromatic carbocycles. The highest BCUT2D eigenvalue weighted by Crippen LogP contribution is 2.38. The summed E-state index contributed by atoms with van der Waals surface area (Å²) in [7, 11) is 0. The van der Waals surface area contributed by atoms with E-state index in [1.807, 2.05) is 0 Å². The van der Waals surface area contributed by atoms with Crippen LogP contribution in [0.25, 0.3) is 6.08 Å². The molecular weight excluding hydrogens is 533 g/mol.